The lowest BCUT2D eigenvalue weighted by molar-refractivity contribution is -0.130. The van der Waals surface area contributed by atoms with Gasteiger partial charge in [0.2, 0.25) is 11.8 Å². The highest BCUT2D eigenvalue weighted by atomic mass is 35.5. The molecule has 1 saturated heterocycles. The van der Waals surface area contributed by atoms with E-state index in [0.29, 0.717) is 24.7 Å². The van der Waals surface area contributed by atoms with Crippen LogP contribution in [0, 0.1) is 5.92 Å². The highest BCUT2D eigenvalue weighted by molar-refractivity contribution is 6.30. The van der Waals surface area contributed by atoms with Crippen LogP contribution in [0.1, 0.15) is 12.5 Å². The number of nitrogens with zero attached hydrogens (tertiary/aromatic N) is 2. The van der Waals surface area contributed by atoms with Crippen LogP contribution in [0.15, 0.2) is 24.3 Å². The van der Waals surface area contributed by atoms with Crippen molar-refractivity contribution in [3.8, 4) is 0 Å². The maximum atomic E-state index is 12.0. The van der Waals surface area contributed by atoms with Gasteiger partial charge in [-0.15, -0.1) is 0 Å². The van der Waals surface area contributed by atoms with Crippen molar-refractivity contribution in [2.75, 3.05) is 33.2 Å². The Balaban J connectivity index is 2.10. The number of benzene rings is 1. The maximum absolute atomic E-state index is 12.0. The minimum Gasteiger partial charge on any atom is -0.359 e. The topological polar surface area (TPSA) is 52.7 Å². The largest absolute Gasteiger partial charge is 0.359 e. The van der Waals surface area contributed by atoms with Gasteiger partial charge in [0.15, 0.2) is 0 Å². The van der Waals surface area contributed by atoms with Crippen molar-refractivity contribution >= 4 is 23.4 Å². The molecular weight excluding hydrogens is 302 g/mol. The smallest absolute Gasteiger partial charge is 0.225 e. The number of halogens is 1. The van der Waals surface area contributed by atoms with Crippen LogP contribution >= 0.6 is 11.6 Å². The zero-order valence-corrected chi connectivity index (χ0v) is 13.8. The van der Waals surface area contributed by atoms with Crippen molar-refractivity contribution < 1.29 is 9.59 Å². The van der Waals surface area contributed by atoms with Crippen LogP contribution in [0.3, 0.4) is 0 Å². The van der Waals surface area contributed by atoms with Gasteiger partial charge in [0.1, 0.15) is 0 Å². The molecule has 2 rings (SSSR count). The Morgan fingerprint density at radius 3 is 2.73 bits per heavy atom. The number of rotatable bonds is 3. The summed E-state index contributed by atoms with van der Waals surface area (Å²) >= 11 is 6.03. The third-order valence-electron chi connectivity index (χ3n) is 3.96. The summed E-state index contributed by atoms with van der Waals surface area (Å²) in [6.45, 7) is 4.77. The molecule has 1 atom stereocenters. The Kier molecular flexibility index (Phi) is 5.80. The van der Waals surface area contributed by atoms with Crippen LogP contribution in [0.2, 0.25) is 5.02 Å². The van der Waals surface area contributed by atoms with Crippen molar-refractivity contribution in [3.63, 3.8) is 0 Å². The van der Waals surface area contributed by atoms with E-state index in [0.717, 1.165) is 18.7 Å². The lowest BCUT2D eigenvalue weighted by atomic mass is 10.1. The van der Waals surface area contributed by atoms with Gasteiger partial charge in [0.25, 0.3) is 0 Å². The number of hydrogen-bond acceptors (Lipinski definition) is 3. The van der Waals surface area contributed by atoms with Crippen LogP contribution in [0.4, 0.5) is 0 Å². The molecular formula is C16H22ClN3O2. The Morgan fingerprint density at radius 2 is 2.09 bits per heavy atom. The summed E-state index contributed by atoms with van der Waals surface area (Å²) in [5.41, 5.74) is 1.11. The van der Waals surface area contributed by atoms with Gasteiger partial charge in [0.05, 0.1) is 5.92 Å². The van der Waals surface area contributed by atoms with Gasteiger partial charge in [-0.25, -0.2) is 0 Å². The second-order valence-corrected chi connectivity index (χ2v) is 6.08. The van der Waals surface area contributed by atoms with Crippen LogP contribution in [-0.2, 0) is 16.1 Å². The standard InChI is InChI=1S/C16H22ClN3O2/c1-12(21)20-7-6-19(10-14(11-20)16(22)18-2)9-13-4-3-5-15(17)8-13/h3-5,8,14H,6-7,9-11H2,1-2H3,(H,18,22)/t14-/m1/s1. The molecule has 0 aliphatic carbocycles. The molecule has 2 amide bonds. The van der Waals surface area contributed by atoms with Gasteiger partial charge in [0, 0.05) is 51.7 Å². The second-order valence-electron chi connectivity index (χ2n) is 5.64. The SMILES string of the molecule is CNC(=O)[C@@H]1CN(Cc2cccc(Cl)c2)CCN(C(C)=O)C1. The summed E-state index contributed by atoms with van der Waals surface area (Å²) in [5, 5.41) is 3.40. The van der Waals surface area contributed by atoms with Gasteiger partial charge >= 0.3 is 0 Å². The zero-order chi connectivity index (χ0) is 16.1. The molecule has 1 aromatic rings. The summed E-state index contributed by atoms with van der Waals surface area (Å²) < 4.78 is 0. The molecule has 0 bridgehead atoms. The molecule has 0 saturated carbocycles. The van der Waals surface area contributed by atoms with E-state index in [4.69, 9.17) is 11.6 Å². The molecule has 1 aromatic carbocycles. The van der Waals surface area contributed by atoms with E-state index >= 15 is 0 Å². The Bertz CT molecular complexity index is 550. The van der Waals surface area contributed by atoms with Crippen molar-refractivity contribution in [1.29, 1.82) is 0 Å². The molecule has 0 radical (unpaired) electrons. The fraction of sp³-hybridized carbons (Fsp3) is 0.500. The second kappa shape index (κ2) is 7.61. The minimum absolute atomic E-state index is 0.0125. The summed E-state index contributed by atoms with van der Waals surface area (Å²) in [6, 6.07) is 7.73. The molecule has 1 aliphatic rings. The minimum atomic E-state index is -0.212. The van der Waals surface area contributed by atoms with Gasteiger partial charge in [-0.05, 0) is 17.7 Å². The van der Waals surface area contributed by atoms with Crippen molar-refractivity contribution in [2.24, 2.45) is 5.92 Å². The van der Waals surface area contributed by atoms with Crippen LogP contribution in [0.25, 0.3) is 0 Å². The number of nitrogens with one attached hydrogen (secondary N) is 1. The zero-order valence-electron chi connectivity index (χ0n) is 13.0. The molecule has 120 valence electrons. The average molecular weight is 324 g/mol. The summed E-state index contributed by atoms with van der Waals surface area (Å²) in [5.74, 6) is -0.224. The van der Waals surface area contributed by atoms with Crippen molar-refractivity contribution in [1.82, 2.24) is 15.1 Å². The molecule has 22 heavy (non-hydrogen) atoms. The Labute approximate surface area is 136 Å². The first kappa shape index (κ1) is 16.8. The highest BCUT2D eigenvalue weighted by Crippen LogP contribution is 2.16. The predicted molar refractivity (Wildman–Crippen MR) is 86.5 cm³/mol. The first-order chi connectivity index (χ1) is 10.5. The van der Waals surface area contributed by atoms with Crippen LogP contribution in [0.5, 0.6) is 0 Å². The average Bonchev–Trinajstić information content (AvgIpc) is 2.69. The van der Waals surface area contributed by atoms with Crippen LogP contribution in [-0.4, -0.2) is 54.8 Å². The van der Waals surface area contributed by atoms with E-state index < -0.39 is 0 Å². The molecule has 0 unspecified atom stereocenters. The van der Waals surface area contributed by atoms with E-state index in [9.17, 15) is 9.59 Å². The first-order valence-corrected chi connectivity index (χ1v) is 7.81. The van der Waals surface area contributed by atoms with E-state index in [-0.39, 0.29) is 17.7 Å². The number of hydrogen-bond donors (Lipinski definition) is 1. The van der Waals surface area contributed by atoms with E-state index in [1.54, 1.807) is 18.9 Å². The fourth-order valence-electron chi connectivity index (χ4n) is 2.77. The number of amides is 2. The van der Waals surface area contributed by atoms with Gasteiger partial charge in [-0.2, -0.15) is 0 Å². The molecule has 1 fully saturated rings. The molecule has 1 N–H and O–H groups in total. The van der Waals surface area contributed by atoms with Gasteiger partial charge in [-0.3, -0.25) is 14.5 Å². The molecule has 0 spiro atoms. The van der Waals surface area contributed by atoms with Crippen LogP contribution < -0.4 is 5.32 Å². The monoisotopic (exact) mass is 323 g/mol. The molecule has 6 heteroatoms. The number of carbonyl (C=O) groups excluding carboxylic acids is 2. The molecule has 5 nitrogen and oxygen atoms in total. The summed E-state index contributed by atoms with van der Waals surface area (Å²) in [6.07, 6.45) is 0. The fourth-order valence-corrected chi connectivity index (χ4v) is 2.99. The normalized spacial score (nSPS) is 19.6. The molecule has 1 aliphatic heterocycles. The number of carbonyl (C=O) groups is 2. The van der Waals surface area contributed by atoms with E-state index in [1.807, 2.05) is 24.3 Å². The van der Waals surface area contributed by atoms with E-state index in [2.05, 4.69) is 10.2 Å². The molecule has 0 aromatic heterocycles. The summed E-state index contributed by atoms with van der Waals surface area (Å²) in [4.78, 5) is 27.7. The lowest BCUT2D eigenvalue weighted by Crippen LogP contribution is -2.40. The van der Waals surface area contributed by atoms with Gasteiger partial charge in [-0.1, -0.05) is 23.7 Å². The van der Waals surface area contributed by atoms with E-state index in [1.165, 1.54) is 0 Å². The molecule has 1 heterocycles. The first-order valence-electron chi connectivity index (χ1n) is 7.43. The lowest BCUT2D eigenvalue weighted by Gasteiger charge is -2.23. The van der Waals surface area contributed by atoms with Crippen molar-refractivity contribution in [3.05, 3.63) is 34.9 Å². The highest BCUT2D eigenvalue weighted by Gasteiger charge is 2.28. The van der Waals surface area contributed by atoms with Gasteiger partial charge < -0.3 is 10.2 Å². The summed E-state index contributed by atoms with van der Waals surface area (Å²) in [7, 11) is 1.63. The maximum Gasteiger partial charge on any atom is 0.225 e. The third-order valence-corrected chi connectivity index (χ3v) is 4.20. The Morgan fingerprint density at radius 1 is 1.32 bits per heavy atom. The quantitative estimate of drug-likeness (QED) is 0.914. The predicted octanol–water partition coefficient (Wildman–Crippen LogP) is 1.37. The third kappa shape index (κ3) is 4.45. The van der Waals surface area contributed by atoms with Crippen molar-refractivity contribution in [2.45, 2.75) is 13.5 Å². The Hall–Kier alpha value is -1.59.